The first kappa shape index (κ1) is 18.5. The zero-order chi connectivity index (χ0) is 16.2. The van der Waals surface area contributed by atoms with Gasteiger partial charge in [0, 0.05) is 30.7 Å². The zero-order valence-corrected chi connectivity index (χ0v) is 14.6. The molecule has 1 aliphatic heterocycles. The Kier molecular flexibility index (Phi) is 6.37. The number of nitrogens with two attached hydrogens (primary N) is 1. The topological polar surface area (TPSA) is 58.4 Å². The highest BCUT2D eigenvalue weighted by Gasteiger charge is 2.31. The van der Waals surface area contributed by atoms with Gasteiger partial charge in [0.05, 0.1) is 6.54 Å². The van der Waals surface area contributed by atoms with E-state index in [2.05, 4.69) is 22.3 Å². The molecule has 3 N–H and O–H groups in total. The molecule has 5 heteroatoms. The number of carbonyl (C=O) groups excluding carboxylic acids is 1. The Morgan fingerprint density at radius 3 is 2.46 bits per heavy atom. The fraction of sp³-hybridized carbons (Fsp3) is 0.316. The number of carbonyl (C=O) groups is 1. The van der Waals surface area contributed by atoms with Crippen LogP contribution in [0.5, 0.6) is 0 Å². The molecule has 0 aliphatic carbocycles. The molecule has 128 valence electrons. The quantitative estimate of drug-likeness (QED) is 0.895. The van der Waals surface area contributed by atoms with E-state index in [-0.39, 0.29) is 24.4 Å². The standard InChI is InChI=1S/C19H23N3O.ClH/c1-14-7-9-16(10-8-14)21-19(23)13-22-11-17(18(20)12-22)15-5-3-2-4-6-15;/h2-10,17-18H,11-13,20H2,1H3,(H,21,23);1H/t17-,18+;/m0./s1. The molecule has 0 bridgehead atoms. The van der Waals surface area contributed by atoms with Gasteiger partial charge in [0.25, 0.3) is 0 Å². The molecule has 0 spiro atoms. The molecule has 24 heavy (non-hydrogen) atoms. The second kappa shape index (κ2) is 8.29. The summed E-state index contributed by atoms with van der Waals surface area (Å²) >= 11 is 0. The summed E-state index contributed by atoms with van der Waals surface area (Å²) in [6, 6.07) is 18.2. The van der Waals surface area contributed by atoms with Gasteiger partial charge in [0.15, 0.2) is 0 Å². The number of benzene rings is 2. The number of aryl methyl sites for hydroxylation is 1. The Balaban J connectivity index is 0.00000208. The Morgan fingerprint density at radius 1 is 1.12 bits per heavy atom. The highest BCUT2D eigenvalue weighted by Crippen LogP contribution is 2.26. The fourth-order valence-corrected chi connectivity index (χ4v) is 3.14. The fourth-order valence-electron chi connectivity index (χ4n) is 3.14. The van der Waals surface area contributed by atoms with E-state index in [9.17, 15) is 4.79 Å². The van der Waals surface area contributed by atoms with Crippen molar-refractivity contribution in [2.45, 2.75) is 18.9 Å². The number of hydrogen-bond donors (Lipinski definition) is 2. The molecular formula is C19H24ClN3O. The van der Waals surface area contributed by atoms with Crippen molar-refractivity contribution >= 4 is 24.0 Å². The van der Waals surface area contributed by atoms with Gasteiger partial charge in [-0.3, -0.25) is 9.69 Å². The largest absolute Gasteiger partial charge is 0.326 e. The summed E-state index contributed by atoms with van der Waals surface area (Å²) in [4.78, 5) is 14.3. The minimum absolute atomic E-state index is 0. The number of halogens is 1. The Morgan fingerprint density at radius 2 is 1.79 bits per heavy atom. The predicted octanol–water partition coefficient (Wildman–Crippen LogP) is 2.78. The molecule has 0 radical (unpaired) electrons. The molecule has 1 amide bonds. The van der Waals surface area contributed by atoms with Crippen molar-refractivity contribution in [3.63, 3.8) is 0 Å². The summed E-state index contributed by atoms with van der Waals surface area (Å²) < 4.78 is 0. The van der Waals surface area contributed by atoms with Gasteiger partial charge in [-0.25, -0.2) is 0 Å². The second-order valence-electron chi connectivity index (χ2n) is 6.29. The van der Waals surface area contributed by atoms with E-state index in [1.165, 1.54) is 11.1 Å². The van der Waals surface area contributed by atoms with E-state index in [4.69, 9.17) is 5.73 Å². The van der Waals surface area contributed by atoms with Crippen LogP contribution in [0.4, 0.5) is 5.69 Å². The van der Waals surface area contributed by atoms with Crippen molar-refractivity contribution in [1.29, 1.82) is 0 Å². The Bertz CT molecular complexity index is 660. The van der Waals surface area contributed by atoms with E-state index >= 15 is 0 Å². The molecule has 0 unspecified atom stereocenters. The minimum atomic E-state index is 0. The lowest BCUT2D eigenvalue weighted by molar-refractivity contribution is -0.117. The number of nitrogens with one attached hydrogen (secondary N) is 1. The molecule has 2 aromatic rings. The number of hydrogen-bond acceptors (Lipinski definition) is 3. The molecule has 2 atom stereocenters. The molecule has 1 heterocycles. The minimum Gasteiger partial charge on any atom is -0.326 e. The van der Waals surface area contributed by atoms with E-state index < -0.39 is 0 Å². The van der Waals surface area contributed by atoms with Crippen molar-refractivity contribution in [3.8, 4) is 0 Å². The van der Waals surface area contributed by atoms with Crippen molar-refractivity contribution in [2.24, 2.45) is 5.73 Å². The van der Waals surface area contributed by atoms with Crippen LogP contribution in [0.2, 0.25) is 0 Å². The molecule has 1 aliphatic rings. The van der Waals surface area contributed by atoms with Crippen LogP contribution < -0.4 is 11.1 Å². The molecular weight excluding hydrogens is 322 g/mol. The molecule has 4 nitrogen and oxygen atoms in total. The molecule has 0 aromatic heterocycles. The number of amides is 1. The van der Waals surface area contributed by atoms with Crippen molar-refractivity contribution < 1.29 is 4.79 Å². The van der Waals surface area contributed by atoms with Crippen LogP contribution in [0.15, 0.2) is 54.6 Å². The van der Waals surface area contributed by atoms with Crippen LogP contribution >= 0.6 is 12.4 Å². The first-order chi connectivity index (χ1) is 11.1. The maximum atomic E-state index is 12.2. The maximum absolute atomic E-state index is 12.2. The normalized spacial score (nSPS) is 20.4. The van der Waals surface area contributed by atoms with Crippen LogP contribution in [0.3, 0.4) is 0 Å². The summed E-state index contributed by atoms with van der Waals surface area (Å²) in [6.45, 7) is 3.99. The molecule has 0 saturated carbocycles. The van der Waals surface area contributed by atoms with Crippen LogP contribution in [0.25, 0.3) is 0 Å². The number of rotatable bonds is 4. The van der Waals surface area contributed by atoms with Gasteiger partial charge < -0.3 is 11.1 Å². The maximum Gasteiger partial charge on any atom is 0.238 e. The summed E-state index contributed by atoms with van der Waals surface area (Å²) in [7, 11) is 0. The van der Waals surface area contributed by atoms with Gasteiger partial charge >= 0.3 is 0 Å². The third-order valence-corrected chi connectivity index (χ3v) is 4.37. The summed E-state index contributed by atoms with van der Waals surface area (Å²) in [5.41, 5.74) is 9.54. The van der Waals surface area contributed by atoms with Gasteiger partial charge in [-0.05, 0) is 24.6 Å². The zero-order valence-electron chi connectivity index (χ0n) is 13.8. The second-order valence-corrected chi connectivity index (χ2v) is 6.29. The van der Waals surface area contributed by atoms with Crippen LogP contribution in [0.1, 0.15) is 17.0 Å². The first-order valence-electron chi connectivity index (χ1n) is 8.01. The predicted molar refractivity (Wildman–Crippen MR) is 101 cm³/mol. The number of anilines is 1. The van der Waals surface area contributed by atoms with Gasteiger partial charge in [-0.2, -0.15) is 0 Å². The van der Waals surface area contributed by atoms with E-state index in [0.717, 1.165) is 18.8 Å². The highest BCUT2D eigenvalue weighted by molar-refractivity contribution is 5.92. The molecule has 1 saturated heterocycles. The SMILES string of the molecule is Cc1ccc(NC(=O)CN2C[C@@H](N)[C@H](c3ccccc3)C2)cc1.Cl. The summed E-state index contributed by atoms with van der Waals surface area (Å²) in [5.74, 6) is 0.304. The Labute approximate surface area is 149 Å². The van der Waals surface area contributed by atoms with Gasteiger partial charge in [-0.15, -0.1) is 12.4 Å². The van der Waals surface area contributed by atoms with Crippen molar-refractivity contribution in [2.75, 3.05) is 25.0 Å². The third kappa shape index (κ3) is 4.57. The van der Waals surface area contributed by atoms with Crippen molar-refractivity contribution in [3.05, 3.63) is 65.7 Å². The van der Waals surface area contributed by atoms with Crippen LogP contribution in [-0.4, -0.2) is 36.5 Å². The molecule has 2 aromatic carbocycles. The van der Waals surface area contributed by atoms with E-state index in [1.54, 1.807) is 0 Å². The highest BCUT2D eigenvalue weighted by atomic mass is 35.5. The van der Waals surface area contributed by atoms with Gasteiger partial charge in [-0.1, -0.05) is 48.0 Å². The monoisotopic (exact) mass is 345 g/mol. The number of likely N-dealkylation sites (tertiary alicyclic amines) is 1. The first-order valence-corrected chi connectivity index (χ1v) is 8.01. The molecule has 3 rings (SSSR count). The van der Waals surface area contributed by atoms with Gasteiger partial charge in [0.2, 0.25) is 5.91 Å². The van der Waals surface area contributed by atoms with Crippen LogP contribution in [-0.2, 0) is 4.79 Å². The summed E-state index contributed by atoms with van der Waals surface area (Å²) in [5, 5.41) is 2.94. The molecule has 1 fully saturated rings. The van der Waals surface area contributed by atoms with Crippen molar-refractivity contribution in [1.82, 2.24) is 4.90 Å². The lowest BCUT2D eigenvalue weighted by atomic mass is 9.95. The van der Waals surface area contributed by atoms with E-state index in [1.807, 2.05) is 49.4 Å². The average molecular weight is 346 g/mol. The Hall–Kier alpha value is -1.88. The third-order valence-electron chi connectivity index (χ3n) is 4.37. The lowest BCUT2D eigenvalue weighted by Gasteiger charge is -2.16. The van der Waals surface area contributed by atoms with E-state index in [0.29, 0.717) is 12.5 Å². The lowest BCUT2D eigenvalue weighted by Crippen LogP contribution is -2.33. The van der Waals surface area contributed by atoms with Crippen LogP contribution in [0, 0.1) is 6.92 Å². The smallest absolute Gasteiger partial charge is 0.238 e. The summed E-state index contributed by atoms with van der Waals surface area (Å²) in [6.07, 6.45) is 0. The average Bonchev–Trinajstić information content (AvgIpc) is 2.91. The number of nitrogens with zero attached hydrogens (tertiary/aromatic N) is 1. The van der Waals surface area contributed by atoms with Gasteiger partial charge in [0.1, 0.15) is 0 Å².